The second kappa shape index (κ2) is 5.94. The molecule has 1 N–H and O–H groups in total. The van der Waals surface area contributed by atoms with E-state index in [1.807, 2.05) is 19.1 Å². The lowest BCUT2D eigenvalue weighted by Crippen LogP contribution is -2.43. The van der Waals surface area contributed by atoms with Crippen molar-refractivity contribution in [3.8, 4) is 0 Å². The molecule has 1 aliphatic heterocycles. The van der Waals surface area contributed by atoms with Crippen molar-refractivity contribution >= 4 is 15.9 Å². The molecule has 1 aromatic carbocycles. The molecule has 94 valence electrons. The van der Waals surface area contributed by atoms with Crippen LogP contribution in [0, 0.1) is 5.82 Å². The largest absolute Gasteiger partial charge is 0.248 e. The summed E-state index contributed by atoms with van der Waals surface area (Å²) in [5, 5.41) is 2.20. The minimum absolute atomic E-state index is 0.0150. The zero-order chi connectivity index (χ0) is 12.3. The van der Waals surface area contributed by atoms with E-state index in [1.54, 1.807) is 0 Å². The van der Waals surface area contributed by atoms with E-state index in [1.165, 1.54) is 25.3 Å². The number of nitrogens with zero attached hydrogens (tertiary/aromatic N) is 1. The predicted octanol–water partition coefficient (Wildman–Crippen LogP) is 3.64. The molecule has 0 spiro atoms. The summed E-state index contributed by atoms with van der Waals surface area (Å²) in [5.74, 6) is -0.156. The second-order valence-electron chi connectivity index (χ2n) is 4.56. The monoisotopic (exact) mass is 300 g/mol. The molecule has 0 amide bonds. The average molecular weight is 301 g/mol. The Balaban J connectivity index is 2.00. The lowest BCUT2D eigenvalue weighted by molar-refractivity contribution is 0.132. The SMILES string of the molecule is CC(NN1CCCCC1)c1ccc(Br)cc1F. The Morgan fingerprint density at radius 1 is 1.29 bits per heavy atom. The predicted molar refractivity (Wildman–Crippen MR) is 71.1 cm³/mol. The van der Waals surface area contributed by atoms with E-state index in [2.05, 4.69) is 26.4 Å². The normalized spacial score (nSPS) is 19.2. The van der Waals surface area contributed by atoms with Crippen LogP contribution in [-0.4, -0.2) is 18.1 Å². The lowest BCUT2D eigenvalue weighted by atomic mass is 10.1. The average Bonchev–Trinajstić information content (AvgIpc) is 2.30. The molecule has 0 radical (unpaired) electrons. The van der Waals surface area contributed by atoms with Crippen molar-refractivity contribution in [2.45, 2.75) is 32.2 Å². The van der Waals surface area contributed by atoms with Crippen LogP contribution in [0.1, 0.15) is 37.8 Å². The maximum absolute atomic E-state index is 13.8. The highest BCUT2D eigenvalue weighted by molar-refractivity contribution is 9.10. The summed E-state index contributed by atoms with van der Waals surface area (Å²) in [6.07, 6.45) is 3.75. The smallest absolute Gasteiger partial charge is 0.129 e. The summed E-state index contributed by atoms with van der Waals surface area (Å²) in [7, 11) is 0. The first-order valence-corrected chi connectivity index (χ1v) is 6.92. The molecule has 2 rings (SSSR count). The first kappa shape index (κ1) is 13.0. The first-order chi connectivity index (χ1) is 8.16. The fraction of sp³-hybridized carbons (Fsp3) is 0.538. The molecule has 17 heavy (non-hydrogen) atoms. The van der Waals surface area contributed by atoms with Crippen LogP contribution in [0.5, 0.6) is 0 Å². The number of rotatable bonds is 3. The van der Waals surface area contributed by atoms with E-state index in [-0.39, 0.29) is 11.9 Å². The van der Waals surface area contributed by atoms with Crippen molar-refractivity contribution in [3.63, 3.8) is 0 Å². The lowest BCUT2D eigenvalue weighted by Gasteiger charge is -2.30. The van der Waals surface area contributed by atoms with E-state index >= 15 is 0 Å². The van der Waals surface area contributed by atoms with Gasteiger partial charge in [-0.25, -0.2) is 14.8 Å². The summed E-state index contributed by atoms with van der Waals surface area (Å²) < 4.78 is 14.5. The van der Waals surface area contributed by atoms with Gasteiger partial charge >= 0.3 is 0 Å². The highest BCUT2D eigenvalue weighted by Crippen LogP contribution is 2.21. The van der Waals surface area contributed by atoms with Crippen molar-refractivity contribution in [3.05, 3.63) is 34.1 Å². The number of piperidine rings is 1. The molecule has 4 heteroatoms. The van der Waals surface area contributed by atoms with Gasteiger partial charge in [0.1, 0.15) is 5.82 Å². The molecule has 1 unspecified atom stereocenters. The van der Waals surface area contributed by atoms with E-state index in [9.17, 15) is 4.39 Å². The second-order valence-corrected chi connectivity index (χ2v) is 5.48. The van der Waals surface area contributed by atoms with Crippen molar-refractivity contribution in [2.24, 2.45) is 0 Å². The van der Waals surface area contributed by atoms with E-state index < -0.39 is 0 Å². The van der Waals surface area contributed by atoms with Crippen LogP contribution in [0.3, 0.4) is 0 Å². The van der Waals surface area contributed by atoms with Gasteiger partial charge in [-0.3, -0.25) is 0 Å². The van der Waals surface area contributed by atoms with Gasteiger partial charge in [-0.1, -0.05) is 28.4 Å². The molecular formula is C13H18BrFN2. The van der Waals surface area contributed by atoms with Gasteiger partial charge in [0.2, 0.25) is 0 Å². The standard InChI is InChI=1S/C13H18BrFN2/c1-10(16-17-7-3-2-4-8-17)12-6-5-11(14)9-13(12)15/h5-6,9-10,16H,2-4,7-8H2,1H3. The Kier molecular flexibility index (Phi) is 4.54. The van der Waals surface area contributed by atoms with Gasteiger partial charge < -0.3 is 0 Å². The third kappa shape index (κ3) is 3.50. The van der Waals surface area contributed by atoms with Crippen LogP contribution in [0.15, 0.2) is 22.7 Å². The molecule has 1 fully saturated rings. The van der Waals surface area contributed by atoms with Crippen molar-refractivity contribution in [1.82, 2.24) is 10.4 Å². The molecule has 2 nitrogen and oxygen atoms in total. The molecule has 0 aromatic heterocycles. The Morgan fingerprint density at radius 3 is 2.65 bits per heavy atom. The van der Waals surface area contributed by atoms with Gasteiger partial charge in [0.25, 0.3) is 0 Å². The first-order valence-electron chi connectivity index (χ1n) is 6.13. The van der Waals surface area contributed by atoms with Gasteiger partial charge in [0.15, 0.2) is 0 Å². The zero-order valence-electron chi connectivity index (χ0n) is 10.0. The molecule has 1 atom stereocenters. The zero-order valence-corrected chi connectivity index (χ0v) is 11.6. The Hall–Kier alpha value is -0.450. The number of hydrazine groups is 1. The third-order valence-corrected chi connectivity index (χ3v) is 3.65. The van der Waals surface area contributed by atoms with Gasteiger partial charge in [0.05, 0.1) is 0 Å². The molecular weight excluding hydrogens is 283 g/mol. The minimum atomic E-state index is -0.156. The molecule has 1 aromatic rings. The van der Waals surface area contributed by atoms with Gasteiger partial charge in [-0.2, -0.15) is 0 Å². The molecule has 0 bridgehead atoms. The summed E-state index contributed by atoms with van der Waals surface area (Å²) in [5.41, 5.74) is 4.09. The highest BCUT2D eigenvalue weighted by Gasteiger charge is 2.16. The van der Waals surface area contributed by atoms with Gasteiger partial charge in [0, 0.05) is 29.2 Å². The van der Waals surface area contributed by atoms with E-state index in [4.69, 9.17) is 0 Å². The van der Waals surface area contributed by atoms with Crippen molar-refractivity contribution in [1.29, 1.82) is 0 Å². The highest BCUT2D eigenvalue weighted by atomic mass is 79.9. The quantitative estimate of drug-likeness (QED) is 0.917. The van der Waals surface area contributed by atoms with E-state index in [0.29, 0.717) is 0 Å². The fourth-order valence-electron chi connectivity index (χ4n) is 2.22. The Morgan fingerprint density at radius 2 is 2.00 bits per heavy atom. The van der Waals surface area contributed by atoms with Crippen LogP contribution >= 0.6 is 15.9 Å². The number of hydrogen-bond acceptors (Lipinski definition) is 2. The molecule has 1 heterocycles. The minimum Gasteiger partial charge on any atom is -0.248 e. The summed E-state index contributed by atoms with van der Waals surface area (Å²) in [4.78, 5) is 0. The van der Waals surface area contributed by atoms with Crippen LogP contribution in [-0.2, 0) is 0 Å². The summed E-state index contributed by atoms with van der Waals surface area (Å²) >= 11 is 3.27. The van der Waals surface area contributed by atoms with Crippen LogP contribution in [0.25, 0.3) is 0 Å². The fourth-order valence-corrected chi connectivity index (χ4v) is 2.55. The third-order valence-electron chi connectivity index (χ3n) is 3.16. The van der Waals surface area contributed by atoms with Crippen LogP contribution in [0.2, 0.25) is 0 Å². The number of benzene rings is 1. The van der Waals surface area contributed by atoms with E-state index in [0.717, 1.165) is 23.1 Å². The molecule has 1 saturated heterocycles. The van der Waals surface area contributed by atoms with Crippen LogP contribution < -0.4 is 5.43 Å². The van der Waals surface area contributed by atoms with Crippen molar-refractivity contribution in [2.75, 3.05) is 13.1 Å². The molecule has 0 saturated carbocycles. The maximum Gasteiger partial charge on any atom is 0.129 e. The van der Waals surface area contributed by atoms with Gasteiger partial charge in [-0.05, 0) is 31.9 Å². The Bertz CT molecular complexity index is 378. The van der Waals surface area contributed by atoms with Gasteiger partial charge in [-0.15, -0.1) is 0 Å². The number of halogens is 2. The van der Waals surface area contributed by atoms with Crippen LogP contribution in [0.4, 0.5) is 4.39 Å². The topological polar surface area (TPSA) is 15.3 Å². The van der Waals surface area contributed by atoms with Crippen molar-refractivity contribution < 1.29 is 4.39 Å². The number of nitrogens with one attached hydrogen (secondary N) is 1. The molecule has 1 aliphatic rings. The molecule has 0 aliphatic carbocycles. The summed E-state index contributed by atoms with van der Waals surface area (Å²) in [6, 6.07) is 5.25. The summed E-state index contributed by atoms with van der Waals surface area (Å²) in [6.45, 7) is 4.12. The number of hydrogen-bond donors (Lipinski definition) is 1. The maximum atomic E-state index is 13.8. The Labute approximate surface area is 110 Å².